The molecule has 4 nitrogen and oxygen atoms in total. The predicted octanol–water partition coefficient (Wildman–Crippen LogP) is 3.87. The van der Waals surface area contributed by atoms with Crippen LogP contribution >= 0.6 is 0 Å². The molecule has 1 aromatic heterocycles. The number of aromatic nitrogens is 1. The summed E-state index contributed by atoms with van der Waals surface area (Å²) in [5, 5.41) is 0.239. The van der Waals surface area contributed by atoms with E-state index in [-0.39, 0.29) is 5.04 Å². The van der Waals surface area contributed by atoms with Gasteiger partial charge in [-0.2, -0.15) is 0 Å². The zero-order chi connectivity index (χ0) is 17.6. The number of hydrogen-bond acceptors (Lipinski definition) is 4. The van der Waals surface area contributed by atoms with E-state index in [2.05, 4.69) is 57.0 Å². The summed E-state index contributed by atoms with van der Waals surface area (Å²) in [7, 11) is -1.71. The van der Waals surface area contributed by atoms with Gasteiger partial charge in [0, 0.05) is 18.8 Å². The van der Waals surface area contributed by atoms with Crippen LogP contribution < -0.4 is 0 Å². The summed E-state index contributed by atoms with van der Waals surface area (Å²) in [6, 6.07) is 6.33. The van der Waals surface area contributed by atoms with E-state index >= 15 is 0 Å². The lowest BCUT2D eigenvalue weighted by atomic mass is 10.2. The van der Waals surface area contributed by atoms with Crippen molar-refractivity contribution in [3.63, 3.8) is 0 Å². The molecule has 0 N–H and O–H groups in total. The standard InChI is InChI=1S/C19H34N2O2Si/c1-19(2,3)24(4,5)23-16-18-9-6-8-17(20-18)10-7-11-21-12-14-22-15-13-21/h6,8-9H,7,10-16H2,1-5H3. The average molecular weight is 351 g/mol. The molecule has 1 saturated heterocycles. The van der Waals surface area contributed by atoms with Crippen molar-refractivity contribution >= 4 is 8.32 Å². The maximum atomic E-state index is 6.29. The molecule has 1 aliphatic rings. The van der Waals surface area contributed by atoms with Crippen molar-refractivity contribution in [2.45, 2.75) is 58.4 Å². The molecule has 0 atom stereocenters. The fourth-order valence-corrected chi connectivity index (χ4v) is 3.47. The first-order chi connectivity index (χ1) is 11.3. The lowest BCUT2D eigenvalue weighted by molar-refractivity contribution is 0.0374. The number of aryl methyl sites for hydroxylation is 1. The lowest BCUT2D eigenvalue weighted by Crippen LogP contribution is -2.40. The smallest absolute Gasteiger partial charge is 0.192 e. The van der Waals surface area contributed by atoms with Crippen LogP contribution in [0.3, 0.4) is 0 Å². The van der Waals surface area contributed by atoms with Gasteiger partial charge < -0.3 is 9.16 Å². The van der Waals surface area contributed by atoms with Crippen LogP contribution in [-0.2, 0) is 22.2 Å². The Kier molecular flexibility index (Phi) is 6.98. The SMILES string of the molecule is CC(C)(C)[Si](C)(C)OCc1cccc(CCCN2CCOCC2)n1. The van der Waals surface area contributed by atoms with Crippen LogP contribution in [0.4, 0.5) is 0 Å². The quantitative estimate of drug-likeness (QED) is 0.699. The van der Waals surface area contributed by atoms with Crippen molar-refractivity contribution in [2.24, 2.45) is 0 Å². The highest BCUT2D eigenvalue weighted by molar-refractivity contribution is 6.74. The van der Waals surface area contributed by atoms with Crippen LogP contribution in [0, 0.1) is 0 Å². The minimum atomic E-state index is -1.71. The van der Waals surface area contributed by atoms with Crippen LogP contribution in [-0.4, -0.2) is 51.0 Å². The van der Waals surface area contributed by atoms with Gasteiger partial charge >= 0.3 is 0 Å². The van der Waals surface area contributed by atoms with Crippen molar-refractivity contribution < 1.29 is 9.16 Å². The molecule has 2 rings (SSSR count). The fourth-order valence-electron chi connectivity index (χ4n) is 2.53. The minimum absolute atomic E-state index is 0.239. The van der Waals surface area contributed by atoms with Gasteiger partial charge in [0.05, 0.1) is 25.5 Å². The fraction of sp³-hybridized carbons (Fsp3) is 0.737. The summed E-state index contributed by atoms with van der Waals surface area (Å²) >= 11 is 0. The molecule has 0 unspecified atom stereocenters. The second-order valence-corrected chi connectivity index (χ2v) is 13.0. The Morgan fingerprint density at radius 2 is 1.83 bits per heavy atom. The molecular weight excluding hydrogens is 316 g/mol. The van der Waals surface area contributed by atoms with E-state index in [1.165, 1.54) is 5.69 Å². The third-order valence-corrected chi connectivity index (χ3v) is 9.74. The Labute approximate surface area is 148 Å². The van der Waals surface area contributed by atoms with Crippen LogP contribution in [0.1, 0.15) is 38.6 Å². The van der Waals surface area contributed by atoms with Gasteiger partial charge in [-0.15, -0.1) is 0 Å². The van der Waals surface area contributed by atoms with Crippen molar-refractivity contribution in [1.82, 2.24) is 9.88 Å². The highest BCUT2D eigenvalue weighted by Crippen LogP contribution is 2.36. The van der Waals surface area contributed by atoms with Gasteiger partial charge in [-0.05, 0) is 49.7 Å². The Balaban J connectivity index is 1.80. The third kappa shape index (κ3) is 5.95. The maximum absolute atomic E-state index is 6.29. The Morgan fingerprint density at radius 3 is 2.50 bits per heavy atom. The van der Waals surface area contributed by atoms with E-state index in [0.29, 0.717) is 6.61 Å². The molecule has 0 amide bonds. The number of nitrogens with zero attached hydrogens (tertiary/aromatic N) is 2. The number of morpholine rings is 1. The van der Waals surface area contributed by atoms with Gasteiger partial charge in [-0.25, -0.2) is 0 Å². The van der Waals surface area contributed by atoms with E-state index in [1.54, 1.807) is 0 Å². The van der Waals surface area contributed by atoms with E-state index in [1.807, 2.05) is 0 Å². The zero-order valence-electron chi connectivity index (χ0n) is 16.1. The van der Waals surface area contributed by atoms with Crippen LogP contribution in [0.2, 0.25) is 18.1 Å². The van der Waals surface area contributed by atoms with E-state index < -0.39 is 8.32 Å². The first-order valence-corrected chi connectivity index (χ1v) is 12.1. The molecule has 2 heterocycles. The highest BCUT2D eigenvalue weighted by atomic mass is 28.4. The highest BCUT2D eigenvalue weighted by Gasteiger charge is 2.37. The summed E-state index contributed by atoms with van der Waals surface area (Å²) in [4.78, 5) is 7.27. The first kappa shape index (κ1) is 19.6. The van der Waals surface area contributed by atoms with Gasteiger partial charge in [0.1, 0.15) is 0 Å². The molecule has 5 heteroatoms. The van der Waals surface area contributed by atoms with Crippen LogP contribution in [0.5, 0.6) is 0 Å². The molecule has 0 aromatic carbocycles. The number of pyridine rings is 1. The second-order valence-electron chi connectivity index (χ2n) is 8.23. The molecule has 0 bridgehead atoms. The number of rotatable bonds is 7. The monoisotopic (exact) mass is 350 g/mol. The maximum Gasteiger partial charge on any atom is 0.192 e. The lowest BCUT2D eigenvalue weighted by Gasteiger charge is -2.36. The summed E-state index contributed by atoms with van der Waals surface area (Å²) in [5.74, 6) is 0. The Hall–Kier alpha value is -0.753. The molecule has 0 radical (unpaired) electrons. The van der Waals surface area contributed by atoms with Crippen molar-refractivity contribution in [2.75, 3.05) is 32.8 Å². The largest absolute Gasteiger partial charge is 0.411 e. The van der Waals surface area contributed by atoms with Gasteiger partial charge in [0.15, 0.2) is 8.32 Å². The Bertz CT molecular complexity index is 508. The molecule has 136 valence electrons. The average Bonchev–Trinajstić information content (AvgIpc) is 2.53. The van der Waals surface area contributed by atoms with Crippen LogP contribution in [0.15, 0.2) is 18.2 Å². The van der Waals surface area contributed by atoms with Gasteiger partial charge in [-0.3, -0.25) is 9.88 Å². The van der Waals surface area contributed by atoms with Gasteiger partial charge in [0.2, 0.25) is 0 Å². The molecule has 24 heavy (non-hydrogen) atoms. The number of hydrogen-bond donors (Lipinski definition) is 0. The minimum Gasteiger partial charge on any atom is -0.411 e. The zero-order valence-corrected chi connectivity index (χ0v) is 17.1. The molecule has 0 saturated carbocycles. The summed E-state index contributed by atoms with van der Waals surface area (Å²) in [5.41, 5.74) is 2.24. The predicted molar refractivity (Wildman–Crippen MR) is 102 cm³/mol. The summed E-state index contributed by atoms with van der Waals surface area (Å²) in [6.07, 6.45) is 2.19. The normalized spacial score (nSPS) is 17.2. The topological polar surface area (TPSA) is 34.6 Å². The summed E-state index contributed by atoms with van der Waals surface area (Å²) < 4.78 is 11.7. The molecule has 0 spiro atoms. The Morgan fingerprint density at radius 1 is 1.17 bits per heavy atom. The summed E-state index contributed by atoms with van der Waals surface area (Å²) in [6.45, 7) is 17.0. The van der Waals surface area contributed by atoms with Crippen molar-refractivity contribution in [3.05, 3.63) is 29.6 Å². The van der Waals surface area contributed by atoms with E-state index in [9.17, 15) is 0 Å². The van der Waals surface area contributed by atoms with Crippen molar-refractivity contribution in [1.29, 1.82) is 0 Å². The third-order valence-electron chi connectivity index (χ3n) is 5.26. The van der Waals surface area contributed by atoms with E-state index in [4.69, 9.17) is 14.1 Å². The molecular formula is C19H34N2O2Si. The first-order valence-electron chi connectivity index (χ1n) is 9.17. The number of ether oxygens (including phenoxy) is 1. The van der Waals surface area contributed by atoms with Gasteiger partial charge in [0.25, 0.3) is 0 Å². The van der Waals surface area contributed by atoms with Gasteiger partial charge in [-0.1, -0.05) is 26.8 Å². The molecule has 1 fully saturated rings. The van der Waals surface area contributed by atoms with Crippen LogP contribution in [0.25, 0.3) is 0 Å². The molecule has 1 aromatic rings. The molecule has 1 aliphatic heterocycles. The van der Waals surface area contributed by atoms with E-state index in [0.717, 1.165) is 51.4 Å². The second kappa shape index (κ2) is 8.56. The molecule has 0 aliphatic carbocycles. The van der Waals surface area contributed by atoms with Crippen molar-refractivity contribution in [3.8, 4) is 0 Å².